The fourth-order valence-corrected chi connectivity index (χ4v) is 3.24. The third kappa shape index (κ3) is 5.33. The molecule has 1 aliphatic rings. The van der Waals surface area contributed by atoms with E-state index in [1.165, 1.54) is 12.8 Å². The Hall–Kier alpha value is -0.250. The maximum absolute atomic E-state index is 12.6. The van der Waals surface area contributed by atoms with Crippen LogP contribution in [0.1, 0.15) is 71.6 Å². The van der Waals surface area contributed by atoms with E-state index in [-0.39, 0.29) is 18.4 Å². The lowest BCUT2D eigenvalue weighted by Gasteiger charge is -2.40. The van der Waals surface area contributed by atoms with E-state index in [1.54, 1.807) is 0 Å². The van der Waals surface area contributed by atoms with Crippen molar-refractivity contribution in [2.75, 3.05) is 0 Å². The van der Waals surface area contributed by atoms with Crippen LogP contribution in [0.5, 0.6) is 0 Å². The van der Waals surface area contributed by atoms with E-state index in [1.807, 2.05) is 0 Å². The minimum atomic E-state index is -4.03. The molecule has 114 valence electrons. The zero-order valence-electron chi connectivity index (χ0n) is 12.2. The highest BCUT2D eigenvalue weighted by Gasteiger charge is 2.44. The third-order valence-electron chi connectivity index (χ3n) is 4.68. The van der Waals surface area contributed by atoms with E-state index in [9.17, 15) is 13.2 Å². The topological polar surface area (TPSA) is 26.0 Å². The van der Waals surface area contributed by atoms with Crippen molar-refractivity contribution in [3.05, 3.63) is 0 Å². The lowest BCUT2D eigenvalue weighted by atomic mass is 9.71. The van der Waals surface area contributed by atoms with Crippen LogP contribution in [0.4, 0.5) is 13.2 Å². The number of unbranched alkanes of at least 4 members (excludes halogenated alkanes) is 1. The van der Waals surface area contributed by atoms with Crippen molar-refractivity contribution in [2.45, 2.75) is 83.4 Å². The Morgan fingerprint density at radius 1 is 1.21 bits per heavy atom. The molecular weight excluding hydrogens is 251 g/mol. The minimum absolute atomic E-state index is 0.213. The van der Waals surface area contributed by atoms with Crippen LogP contribution < -0.4 is 5.73 Å². The first kappa shape index (κ1) is 16.8. The molecule has 1 nitrogen and oxygen atoms in total. The third-order valence-corrected chi connectivity index (χ3v) is 4.68. The molecule has 0 aliphatic heterocycles. The van der Waals surface area contributed by atoms with E-state index >= 15 is 0 Å². The van der Waals surface area contributed by atoms with Gasteiger partial charge in [0.2, 0.25) is 0 Å². The molecule has 0 aromatic heterocycles. The molecule has 4 heteroatoms. The summed E-state index contributed by atoms with van der Waals surface area (Å²) in [6.07, 6.45) is 2.95. The molecule has 1 fully saturated rings. The second-order valence-corrected chi connectivity index (χ2v) is 6.30. The predicted molar refractivity (Wildman–Crippen MR) is 72.9 cm³/mol. The van der Waals surface area contributed by atoms with Crippen LogP contribution >= 0.6 is 0 Å². The Labute approximate surface area is 115 Å². The highest BCUT2D eigenvalue weighted by atomic mass is 19.4. The van der Waals surface area contributed by atoms with Gasteiger partial charge in [-0.3, -0.25) is 0 Å². The van der Waals surface area contributed by atoms with Gasteiger partial charge in [0.25, 0.3) is 0 Å². The van der Waals surface area contributed by atoms with Gasteiger partial charge in [-0.25, -0.2) is 0 Å². The number of alkyl halides is 3. The van der Waals surface area contributed by atoms with Gasteiger partial charge in [-0.2, -0.15) is 13.2 Å². The second kappa shape index (κ2) is 6.96. The molecule has 0 saturated heterocycles. The highest BCUT2D eigenvalue weighted by Crippen LogP contribution is 2.42. The summed E-state index contributed by atoms with van der Waals surface area (Å²) in [5.41, 5.74) is 5.99. The Morgan fingerprint density at radius 3 is 2.21 bits per heavy atom. The normalized spacial score (nSPS) is 30.3. The molecular formula is C15H28F3N. The SMILES string of the molecule is CCCCC(CC)CC1(N)CCC(C(F)(F)F)CC1. The van der Waals surface area contributed by atoms with Crippen LogP contribution in [0.15, 0.2) is 0 Å². The molecule has 2 N–H and O–H groups in total. The molecule has 1 aliphatic carbocycles. The van der Waals surface area contributed by atoms with E-state index in [0.717, 1.165) is 19.3 Å². The van der Waals surface area contributed by atoms with Crippen LogP contribution in [0.25, 0.3) is 0 Å². The Kier molecular flexibility index (Phi) is 6.15. The summed E-state index contributed by atoms with van der Waals surface area (Å²) in [6.45, 7) is 4.32. The zero-order valence-corrected chi connectivity index (χ0v) is 12.2. The number of hydrogen-bond acceptors (Lipinski definition) is 1. The molecule has 0 spiro atoms. The van der Waals surface area contributed by atoms with Crippen molar-refractivity contribution in [3.8, 4) is 0 Å². The largest absolute Gasteiger partial charge is 0.391 e. The average molecular weight is 279 g/mol. The van der Waals surface area contributed by atoms with Gasteiger partial charge in [-0.1, -0.05) is 39.5 Å². The standard InChI is InChI=1S/C15H28F3N/c1-3-5-6-12(4-2)11-14(19)9-7-13(8-10-14)15(16,17)18/h12-13H,3-11,19H2,1-2H3. The minimum Gasteiger partial charge on any atom is -0.325 e. The fourth-order valence-electron chi connectivity index (χ4n) is 3.24. The van der Waals surface area contributed by atoms with Crippen LogP contribution in [0.3, 0.4) is 0 Å². The maximum atomic E-state index is 12.6. The lowest BCUT2D eigenvalue weighted by Crippen LogP contribution is -2.46. The summed E-state index contributed by atoms with van der Waals surface area (Å²) < 4.78 is 37.9. The molecule has 0 radical (unpaired) electrons. The number of halogens is 3. The predicted octanol–water partition coefficient (Wildman–Crippen LogP) is 5.04. The monoisotopic (exact) mass is 279 g/mol. The maximum Gasteiger partial charge on any atom is 0.391 e. The van der Waals surface area contributed by atoms with Crippen molar-refractivity contribution in [1.82, 2.24) is 0 Å². The van der Waals surface area contributed by atoms with Gasteiger partial charge in [-0.05, 0) is 38.0 Å². The van der Waals surface area contributed by atoms with Crippen molar-refractivity contribution in [2.24, 2.45) is 17.6 Å². The van der Waals surface area contributed by atoms with Gasteiger partial charge in [-0.15, -0.1) is 0 Å². The summed E-state index contributed by atoms with van der Waals surface area (Å²) in [4.78, 5) is 0. The highest BCUT2D eigenvalue weighted by molar-refractivity contribution is 4.92. The summed E-state index contributed by atoms with van der Waals surface area (Å²) in [5.74, 6) is -0.549. The quantitative estimate of drug-likeness (QED) is 0.724. The first-order valence-corrected chi connectivity index (χ1v) is 7.66. The summed E-state index contributed by atoms with van der Waals surface area (Å²) in [6, 6.07) is 0. The van der Waals surface area contributed by atoms with E-state index in [0.29, 0.717) is 18.8 Å². The average Bonchev–Trinajstić information content (AvgIpc) is 2.33. The molecule has 1 atom stereocenters. The van der Waals surface area contributed by atoms with Crippen LogP contribution in [-0.2, 0) is 0 Å². The fraction of sp³-hybridized carbons (Fsp3) is 1.00. The molecule has 1 rings (SSSR count). The summed E-state index contributed by atoms with van der Waals surface area (Å²) in [5, 5.41) is 0. The first-order chi connectivity index (χ1) is 8.80. The van der Waals surface area contributed by atoms with Crippen molar-refractivity contribution in [3.63, 3.8) is 0 Å². The van der Waals surface area contributed by atoms with Crippen molar-refractivity contribution >= 4 is 0 Å². The molecule has 0 aromatic rings. The molecule has 1 unspecified atom stereocenters. The molecule has 0 heterocycles. The van der Waals surface area contributed by atoms with Gasteiger partial charge in [0, 0.05) is 5.54 Å². The van der Waals surface area contributed by atoms with Gasteiger partial charge in [0.05, 0.1) is 5.92 Å². The first-order valence-electron chi connectivity index (χ1n) is 7.66. The van der Waals surface area contributed by atoms with E-state index < -0.39 is 12.1 Å². The van der Waals surface area contributed by atoms with E-state index in [2.05, 4.69) is 13.8 Å². The van der Waals surface area contributed by atoms with E-state index in [4.69, 9.17) is 5.73 Å². The molecule has 0 bridgehead atoms. The van der Waals surface area contributed by atoms with Gasteiger partial charge < -0.3 is 5.73 Å². The molecule has 0 aromatic carbocycles. The summed E-state index contributed by atoms with van der Waals surface area (Å²) in [7, 11) is 0. The Balaban J connectivity index is 2.46. The van der Waals surface area contributed by atoms with Crippen LogP contribution in [0.2, 0.25) is 0 Å². The Morgan fingerprint density at radius 2 is 1.79 bits per heavy atom. The van der Waals surface area contributed by atoms with Gasteiger partial charge >= 0.3 is 6.18 Å². The van der Waals surface area contributed by atoms with Crippen LogP contribution in [0, 0.1) is 11.8 Å². The number of nitrogens with two attached hydrogens (primary N) is 1. The Bertz CT molecular complexity index is 255. The molecule has 1 saturated carbocycles. The van der Waals surface area contributed by atoms with Crippen LogP contribution in [-0.4, -0.2) is 11.7 Å². The number of rotatable bonds is 6. The summed E-state index contributed by atoms with van der Waals surface area (Å²) >= 11 is 0. The molecule has 19 heavy (non-hydrogen) atoms. The number of hydrogen-bond donors (Lipinski definition) is 1. The van der Waals surface area contributed by atoms with Gasteiger partial charge in [0.15, 0.2) is 0 Å². The second-order valence-electron chi connectivity index (χ2n) is 6.30. The zero-order chi connectivity index (χ0) is 14.5. The van der Waals surface area contributed by atoms with Crippen molar-refractivity contribution in [1.29, 1.82) is 0 Å². The lowest BCUT2D eigenvalue weighted by molar-refractivity contribution is -0.184. The smallest absolute Gasteiger partial charge is 0.325 e. The van der Waals surface area contributed by atoms with Gasteiger partial charge in [0.1, 0.15) is 0 Å². The molecule has 0 amide bonds. The van der Waals surface area contributed by atoms with Crippen molar-refractivity contribution < 1.29 is 13.2 Å².